The SMILES string of the molecule is O=C(N[C@@H](CC1CCCCC1)C(=O)N[C@@H](C[C@@H]1CCCNC1=O)[C@@](O)(S)C(=O)NC1CC1)c1cc2ccccc2o1. The van der Waals surface area contributed by atoms with E-state index in [0.717, 1.165) is 56.8 Å². The van der Waals surface area contributed by atoms with Gasteiger partial charge in [-0.3, -0.25) is 19.2 Å². The van der Waals surface area contributed by atoms with Crippen LogP contribution in [0.15, 0.2) is 34.7 Å². The highest BCUT2D eigenvalue weighted by atomic mass is 32.1. The normalized spacial score (nSPS) is 22.7. The van der Waals surface area contributed by atoms with E-state index in [-0.39, 0.29) is 30.0 Å². The van der Waals surface area contributed by atoms with Gasteiger partial charge in [-0.15, -0.1) is 12.6 Å². The second kappa shape index (κ2) is 12.9. The molecule has 2 aromatic rings. The first kappa shape index (κ1) is 29.4. The van der Waals surface area contributed by atoms with E-state index in [2.05, 4.69) is 33.9 Å². The number of carbonyl (C=O) groups excluding carboxylic acids is 4. The van der Waals surface area contributed by atoms with Gasteiger partial charge in [-0.2, -0.15) is 0 Å². The van der Waals surface area contributed by atoms with E-state index in [1.54, 1.807) is 12.1 Å². The van der Waals surface area contributed by atoms with Gasteiger partial charge in [0.1, 0.15) is 11.6 Å². The van der Waals surface area contributed by atoms with Crippen molar-refractivity contribution in [1.82, 2.24) is 21.3 Å². The number of hydrogen-bond acceptors (Lipinski definition) is 7. The summed E-state index contributed by atoms with van der Waals surface area (Å²) < 4.78 is 5.73. The number of furan rings is 1. The molecule has 2 aliphatic carbocycles. The molecule has 11 heteroatoms. The monoisotopic (exact) mass is 584 g/mol. The molecule has 1 aromatic carbocycles. The summed E-state index contributed by atoms with van der Waals surface area (Å²) in [6.45, 7) is 0.566. The van der Waals surface area contributed by atoms with Crippen LogP contribution in [-0.2, 0) is 14.4 Å². The third-order valence-electron chi connectivity index (χ3n) is 8.53. The van der Waals surface area contributed by atoms with Gasteiger partial charge in [0.15, 0.2) is 5.76 Å². The molecule has 2 heterocycles. The fourth-order valence-electron chi connectivity index (χ4n) is 5.93. The van der Waals surface area contributed by atoms with Crippen LogP contribution >= 0.6 is 12.6 Å². The number of nitrogens with one attached hydrogen (secondary N) is 4. The number of amides is 4. The minimum Gasteiger partial charge on any atom is -0.451 e. The summed E-state index contributed by atoms with van der Waals surface area (Å²) in [4.78, 5) is 50.5. The fraction of sp³-hybridized carbons (Fsp3) is 0.600. The average molecular weight is 585 g/mol. The Labute approximate surface area is 245 Å². The number of para-hydroxylation sites is 1. The van der Waals surface area contributed by atoms with E-state index in [0.29, 0.717) is 25.0 Å². The predicted molar refractivity (Wildman–Crippen MR) is 156 cm³/mol. The lowest BCUT2D eigenvalue weighted by atomic mass is 9.84. The summed E-state index contributed by atoms with van der Waals surface area (Å²) in [5, 5.41) is 23.4. The molecule has 10 nitrogen and oxygen atoms in total. The van der Waals surface area contributed by atoms with Crippen molar-refractivity contribution in [2.45, 2.75) is 93.7 Å². The Morgan fingerprint density at radius 3 is 2.49 bits per heavy atom. The molecule has 1 aliphatic heterocycles. The number of fused-ring (bicyclic) bond motifs is 1. The Bertz CT molecular complexity index is 1240. The predicted octanol–water partition coefficient (Wildman–Crippen LogP) is 2.80. The van der Waals surface area contributed by atoms with Crippen LogP contribution < -0.4 is 21.3 Å². The van der Waals surface area contributed by atoms with Gasteiger partial charge in [0.2, 0.25) is 16.7 Å². The molecular weight excluding hydrogens is 544 g/mol. The fourth-order valence-corrected chi connectivity index (χ4v) is 6.16. The summed E-state index contributed by atoms with van der Waals surface area (Å²) in [6, 6.07) is 6.79. The average Bonchev–Trinajstić information content (AvgIpc) is 3.67. The largest absolute Gasteiger partial charge is 0.451 e. The first-order chi connectivity index (χ1) is 19.7. The van der Waals surface area contributed by atoms with Crippen LogP contribution in [0.4, 0.5) is 0 Å². The van der Waals surface area contributed by atoms with Crippen molar-refractivity contribution in [2.75, 3.05) is 6.54 Å². The number of hydrogen-bond donors (Lipinski definition) is 6. The molecule has 222 valence electrons. The van der Waals surface area contributed by atoms with Gasteiger partial charge in [-0.1, -0.05) is 50.3 Å². The maximum absolute atomic E-state index is 13.9. The molecule has 0 spiro atoms. The molecule has 41 heavy (non-hydrogen) atoms. The summed E-state index contributed by atoms with van der Waals surface area (Å²) in [5.74, 6) is -2.10. The lowest BCUT2D eigenvalue weighted by molar-refractivity contribution is -0.137. The van der Waals surface area contributed by atoms with Crippen LogP contribution in [-0.4, -0.2) is 58.3 Å². The first-order valence-electron chi connectivity index (χ1n) is 14.8. The van der Waals surface area contributed by atoms with Gasteiger partial charge >= 0.3 is 0 Å². The van der Waals surface area contributed by atoms with E-state index in [9.17, 15) is 24.3 Å². The standard InChI is InChI=1S/C30H40N4O6S/c35-26-20(10-6-14-31-26)17-25(30(39,41)29(38)32-21-12-13-21)34-27(36)22(15-18-7-2-1-3-8-18)33-28(37)24-16-19-9-4-5-11-23(19)40-24/h4-5,9,11,16,18,20-22,25,39,41H,1-3,6-8,10,12-15,17H2,(H,31,35)(H,32,38)(H,33,37)(H,34,36)/t20-,22-,25-,30+/m0/s1. The van der Waals surface area contributed by atoms with Crippen LogP contribution in [0.1, 0.15) is 81.2 Å². The maximum Gasteiger partial charge on any atom is 0.287 e. The van der Waals surface area contributed by atoms with E-state index >= 15 is 0 Å². The van der Waals surface area contributed by atoms with Crippen LogP contribution in [0.3, 0.4) is 0 Å². The van der Waals surface area contributed by atoms with Crippen molar-refractivity contribution in [3.8, 4) is 0 Å². The topological polar surface area (TPSA) is 150 Å². The van der Waals surface area contributed by atoms with Gasteiger partial charge in [0.05, 0.1) is 6.04 Å². The number of aliphatic hydroxyl groups is 1. The Kier molecular flexibility index (Phi) is 9.23. The number of rotatable bonds is 11. The Balaban J connectivity index is 1.36. The molecule has 0 bridgehead atoms. The molecule has 3 aliphatic rings. The molecule has 3 fully saturated rings. The van der Waals surface area contributed by atoms with E-state index in [1.165, 1.54) is 0 Å². The quantitative estimate of drug-likeness (QED) is 0.177. The van der Waals surface area contributed by atoms with Crippen molar-refractivity contribution < 1.29 is 28.7 Å². The van der Waals surface area contributed by atoms with E-state index in [1.807, 2.05) is 18.2 Å². The molecule has 5 N–H and O–H groups in total. The zero-order chi connectivity index (χ0) is 29.0. The highest BCUT2D eigenvalue weighted by Gasteiger charge is 2.46. The minimum atomic E-state index is -2.26. The Morgan fingerprint density at radius 1 is 1.02 bits per heavy atom. The Morgan fingerprint density at radius 2 is 1.78 bits per heavy atom. The minimum absolute atomic E-state index is 0.0300. The van der Waals surface area contributed by atoms with Gasteiger partial charge in [0, 0.05) is 23.9 Å². The number of thiol groups is 1. The van der Waals surface area contributed by atoms with Crippen LogP contribution in [0.25, 0.3) is 11.0 Å². The highest BCUT2D eigenvalue weighted by molar-refractivity contribution is 7.82. The van der Waals surface area contributed by atoms with Gasteiger partial charge < -0.3 is 30.8 Å². The zero-order valence-electron chi connectivity index (χ0n) is 23.2. The van der Waals surface area contributed by atoms with E-state index in [4.69, 9.17) is 4.42 Å². The molecular formula is C30H40N4O6S. The lowest BCUT2D eigenvalue weighted by Gasteiger charge is -2.36. The zero-order valence-corrected chi connectivity index (χ0v) is 24.1. The van der Waals surface area contributed by atoms with Crippen molar-refractivity contribution in [1.29, 1.82) is 0 Å². The third-order valence-corrected chi connectivity index (χ3v) is 9.05. The lowest BCUT2D eigenvalue weighted by Crippen LogP contribution is -2.61. The number of piperidine rings is 1. The van der Waals surface area contributed by atoms with Crippen LogP contribution in [0.5, 0.6) is 0 Å². The molecule has 1 saturated heterocycles. The van der Waals surface area contributed by atoms with Gasteiger partial charge in [-0.05, 0) is 56.6 Å². The van der Waals surface area contributed by atoms with Gasteiger partial charge in [0.25, 0.3) is 11.8 Å². The molecule has 5 rings (SSSR count). The van der Waals surface area contributed by atoms with Crippen LogP contribution in [0.2, 0.25) is 0 Å². The maximum atomic E-state index is 13.9. The van der Waals surface area contributed by atoms with Gasteiger partial charge in [-0.25, -0.2) is 0 Å². The van der Waals surface area contributed by atoms with Crippen LogP contribution in [0, 0.1) is 11.8 Å². The first-order valence-corrected chi connectivity index (χ1v) is 15.3. The molecule has 4 amide bonds. The molecule has 0 radical (unpaired) electrons. The molecule has 1 aromatic heterocycles. The third kappa shape index (κ3) is 7.43. The number of benzene rings is 1. The second-order valence-corrected chi connectivity index (χ2v) is 12.5. The molecule has 4 atom stereocenters. The second-order valence-electron chi connectivity index (χ2n) is 11.8. The molecule has 0 unspecified atom stereocenters. The Hall–Kier alpha value is -3.05. The van der Waals surface area contributed by atoms with E-state index < -0.39 is 40.7 Å². The summed E-state index contributed by atoms with van der Waals surface area (Å²) in [6.07, 6.45) is 8.58. The van der Waals surface area contributed by atoms with Crippen molar-refractivity contribution in [3.05, 3.63) is 36.1 Å². The number of carbonyl (C=O) groups is 4. The summed E-state index contributed by atoms with van der Waals surface area (Å²) in [5.41, 5.74) is 0.568. The smallest absolute Gasteiger partial charge is 0.287 e. The summed E-state index contributed by atoms with van der Waals surface area (Å²) in [7, 11) is 0. The summed E-state index contributed by atoms with van der Waals surface area (Å²) >= 11 is 4.33. The molecule has 2 saturated carbocycles. The highest BCUT2D eigenvalue weighted by Crippen LogP contribution is 2.30. The van der Waals surface area contributed by atoms with Crippen molar-refractivity contribution in [3.63, 3.8) is 0 Å². The van der Waals surface area contributed by atoms with Crippen molar-refractivity contribution >= 4 is 47.2 Å². The van der Waals surface area contributed by atoms with Crippen molar-refractivity contribution in [2.24, 2.45) is 11.8 Å².